The van der Waals surface area contributed by atoms with E-state index in [2.05, 4.69) is 0 Å². The third-order valence-electron chi connectivity index (χ3n) is 5.66. The fourth-order valence-electron chi connectivity index (χ4n) is 4.02. The molecule has 0 aliphatic heterocycles. The van der Waals surface area contributed by atoms with Crippen LogP contribution in [-0.2, 0) is 16.0 Å². The van der Waals surface area contributed by atoms with Crippen LogP contribution < -0.4 is 19.6 Å². The summed E-state index contributed by atoms with van der Waals surface area (Å²) >= 11 is 0. The molecule has 34 heavy (non-hydrogen) atoms. The van der Waals surface area contributed by atoms with Crippen LogP contribution in [0.5, 0.6) is 17.2 Å². The molecule has 1 aromatic heterocycles. The van der Waals surface area contributed by atoms with Gasteiger partial charge in [0.25, 0.3) is 0 Å². The first kappa shape index (κ1) is 25.1. The minimum atomic E-state index is -0.160. The number of hydrogen-bond acceptors (Lipinski definition) is 7. The Morgan fingerprint density at radius 3 is 2.24 bits per heavy atom. The zero-order valence-corrected chi connectivity index (χ0v) is 20.3. The Bertz CT molecular complexity index is 1150. The van der Waals surface area contributed by atoms with Gasteiger partial charge in [-0.15, -0.1) is 0 Å². The lowest BCUT2D eigenvalue weighted by molar-refractivity contribution is -0.143. The number of methoxy groups -OCH3 is 3. The molecular formula is C27H32O7. The number of esters is 1. The lowest BCUT2D eigenvalue weighted by Crippen LogP contribution is -2.10. The SMILES string of the molecule is CCOC(=O)CCCCCCc1oc2ccccc2c(=O)c1-c1cc(OC)c(OC)c(OC)c1. The van der Waals surface area contributed by atoms with Crippen LogP contribution in [0.3, 0.4) is 0 Å². The summed E-state index contributed by atoms with van der Waals surface area (Å²) < 4.78 is 27.6. The number of hydrogen-bond donors (Lipinski definition) is 0. The number of para-hydroxylation sites is 1. The second kappa shape index (κ2) is 12.1. The van der Waals surface area contributed by atoms with Crippen molar-refractivity contribution in [1.82, 2.24) is 0 Å². The monoisotopic (exact) mass is 468 g/mol. The van der Waals surface area contributed by atoms with E-state index in [-0.39, 0.29) is 11.4 Å². The molecule has 0 aliphatic rings. The number of unbranched alkanes of at least 4 members (excludes halogenated alkanes) is 3. The third-order valence-corrected chi connectivity index (χ3v) is 5.66. The van der Waals surface area contributed by atoms with Crippen LogP contribution in [0.4, 0.5) is 0 Å². The second-order valence-corrected chi connectivity index (χ2v) is 7.86. The predicted molar refractivity (Wildman–Crippen MR) is 131 cm³/mol. The largest absolute Gasteiger partial charge is 0.493 e. The highest BCUT2D eigenvalue weighted by molar-refractivity contribution is 5.84. The van der Waals surface area contributed by atoms with Gasteiger partial charge in [0.05, 0.1) is 38.9 Å². The first-order chi connectivity index (χ1) is 16.5. The van der Waals surface area contributed by atoms with Gasteiger partial charge in [0.1, 0.15) is 11.3 Å². The average Bonchev–Trinajstić information content (AvgIpc) is 2.85. The van der Waals surface area contributed by atoms with Crippen molar-refractivity contribution >= 4 is 16.9 Å². The Balaban J connectivity index is 1.92. The molecule has 0 bridgehead atoms. The summed E-state index contributed by atoms with van der Waals surface area (Å²) in [7, 11) is 4.63. The van der Waals surface area contributed by atoms with Crippen LogP contribution in [0.1, 0.15) is 44.8 Å². The van der Waals surface area contributed by atoms with Gasteiger partial charge in [-0.25, -0.2) is 0 Å². The van der Waals surface area contributed by atoms with Crippen molar-refractivity contribution in [3.63, 3.8) is 0 Å². The molecule has 0 atom stereocenters. The van der Waals surface area contributed by atoms with Gasteiger partial charge in [-0.1, -0.05) is 25.0 Å². The summed E-state index contributed by atoms with van der Waals surface area (Å²) in [5.74, 6) is 1.85. The van der Waals surface area contributed by atoms with Crippen LogP contribution in [0.2, 0.25) is 0 Å². The zero-order chi connectivity index (χ0) is 24.5. The van der Waals surface area contributed by atoms with Gasteiger partial charge in [0.2, 0.25) is 11.2 Å². The number of carbonyl (C=O) groups is 1. The van der Waals surface area contributed by atoms with E-state index < -0.39 is 0 Å². The fraction of sp³-hybridized carbons (Fsp3) is 0.407. The minimum Gasteiger partial charge on any atom is -0.493 e. The molecule has 182 valence electrons. The maximum absolute atomic E-state index is 13.6. The second-order valence-electron chi connectivity index (χ2n) is 7.86. The maximum atomic E-state index is 13.6. The molecule has 3 rings (SSSR count). The molecule has 1 heterocycles. The van der Waals surface area contributed by atoms with Crippen molar-refractivity contribution in [1.29, 1.82) is 0 Å². The minimum absolute atomic E-state index is 0.103. The average molecular weight is 469 g/mol. The standard InChI is InChI=1S/C27H32O7/c1-5-33-24(28)15-9-7-6-8-14-21-25(26(29)19-12-10-11-13-20(19)34-21)18-16-22(30-2)27(32-4)23(17-18)31-3/h10-13,16-17H,5-9,14-15H2,1-4H3. The predicted octanol–water partition coefficient (Wildman–Crippen LogP) is 5.54. The highest BCUT2D eigenvalue weighted by Crippen LogP contribution is 2.41. The van der Waals surface area contributed by atoms with Crippen molar-refractivity contribution in [2.45, 2.75) is 45.4 Å². The highest BCUT2D eigenvalue weighted by Gasteiger charge is 2.21. The van der Waals surface area contributed by atoms with E-state index in [4.69, 9.17) is 23.4 Å². The first-order valence-electron chi connectivity index (χ1n) is 11.5. The Morgan fingerprint density at radius 2 is 1.59 bits per heavy atom. The third kappa shape index (κ3) is 5.71. The van der Waals surface area contributed by atoms with Crippen LogP contribution >= 0.6 is 0 Å². The summed E-state index contributed by atoms with van der Waals surface area (Å²) in [6, 6.07) is 10.8. The summed E-state index contributed by atoms with van der Waals surface area (Å²) in [5, 5.41) is 0.518. The molecule has 0 saturated carbocycles. The Morgan fingerprint density at radius 1 is 0.912 bits per heavy atom. The summed E-state index contributed by atoms with van der Waals surface area (Å²) in [5.41, 5.74) is 1.59. The molecule has 0 N–H and O–H groups in total. The lowest BCUT2D eigenvalue weighted by Gasteiger charge is -2.16. The van der Waals surface area contributed by atoms with Crippen molar-refractivity contribution < 1.29 is 28.2 Å². The molecule has 3 aromatic rings. The van der Waals surface area contributed by atoms with E-state index in [0.29, 0.717) is 64.6 Å². The van der Waals surface area contributed by atoms with Gasteiger partial charge in [0, 0.05) is 12.8 Å². The molecule has 0 spiro atoms. The zero-order valence-electron chi connectivity index (χ0n) is 20.3. The van der Waals surface area contributed by atoms with Gasteiger partial charge in [0.15, 0.2) is 11.5 Å². The Kier molecular flexibility index (Phi) is 8.96. The summed E-state index contributed by atoms with van der Waals surface area (Å²) in [6.07, 6.45) is 4.42. The van der Waals surface area contributed by atoms with Crippen molar-refractivity contribution in [3.8, 4) is 28.4 Å². The molecule has 0 fully saturated rings. The number of benzene rings is 2. The number of carbonyl (C=O) groups excluding carboxylic acids is 1. The topological polar surface area (TPSA) is 84.2 Å². The smallest absolute Gasteiger partial charge is 0.305 e. The quantitative estimate of drug-likeness (QED) is 0.255. The molecule has 0 aliphatic carbocycles. The first-order valence-corrected chi connectivity index (χ1v) is 11.5. The molecule has 0 unspecified atom stereocenters. The Labute approximate surface area is 199 Å². The highest BCUT2D eigenvalue weighted by atomic mass is 16.5. The molecule has 0 radical (unpaired) electrons. The van der Waals surface area contributed by atoms with Crippen LogP contribution in [-0.4, -0.2) is 33.9 Å². The normalized spacial score (nSPS) is 10.8. The van der Waals surface area contributed by atoms with Gasteiger partial charge in [-0.05, 0) is 49.6 Å². The molecule has 0 amide bonds. The van der Waals surface area contributed by atoms with Gasteiger partial charge < -0.3 is 23.4 Å². The molecule has 7 heteroatoms. The fourth-order valence-corrected chi connectivity index (χ4v) is 4.02. The van der Waals surface area contributed by atoms with Gasteiger partial charge in [-0.2, -0.15) is 0 Å². The van der Waals surface area contributed by atoms with Gasteiger partial charge >= 0.3 is 5.97 Å². The van der Waals surface area contributed by atoms with E-state index in [0.717, 1.165) is 25.7 Å². The van der Waals surface area contributed by atoms with E-state index in [1.807, 2.05) is 12.1 Å². The maximum Gasteiger partial charge on any atom is 0.305 e. The number of aryl methyl sites for hydroxylation is 1. The summed E-state index contributed by atoms with van der Waals surface area (Å²) in [6.45, 7) is 2.21. The molecule has 2 aromatic carbocycles. The van der Waals surface area contributed by atoms with E-state index in [9.17, 15) is 9.59 Å². The number of fused-ring (bicyclic) bond motifs is 1. The van der Waals surface area contributed by atoms with E-state index in [1.165, 1.54) is 7.11 Å². The summed E-state index contributed by atoms with van der Waals surface area (Å²) in [4.78, 5) is 25.1. The molecule has 0 saturated heterocycles. The van der Waals surface area contributed by atoms with Crippen LogP contribution in [0.15, 0.2) is 45.6 Å². The Hall–Kier alpha value is -3.48. The molecule has 7 nitrogen and oxygen atoms in total. The molecular weight excluding hydrogens is 436 g/mol. The van der Waals surface area contributed by atoms with Crippen LogP contribution in [0.25, 0.3) is 22.1 Å². The lowest BCUT2D eigenvalue weighted by atomic mass is 9.98. The number of rotatable bonds is 12. The number of ether oxygens (including phenoxy) is 4. The van der Waals surface area contributed by atoms with Crippen molar-refractivity contribution in [2.75, 3.05) is 27.9 Å². The van der Waals surface area contributed by atoms with Gasteiger partial charge in [-0.3, -0.25) is 9.59 Å². The van der Waals surface area contributed by atoms with Crippen molar-refractivity contribution in [3.05, 3.63) is 52.4 Å². The van der Waals surface area contributed by atoms with E-state index in [1.54, 1.807) is 45.4 Å². The van der Waals surface area contributed by atoms with E-state index >= 15 is 0 Å². The van der Waals surface area contributed by atoms with Crippen LogP contribution in [0, 0.1) is 0 Å². The van der Waals surface area contributed by atoms with Crippen molar-refractivity contribution in [2.24, 2.45) is 0 Å².